The molecule has 0 heterocycles. The van der Waals surface area contributed by atoms with Crippen molar-refractivity contribution in [3.63, 3.8) is 0 Å². The van der Waals surface area contributed by atoms with Crippen molar-refractivity contribution in [3.05, 3.63) is 63.1 Å². The molecule has 0 radical (unpaired) electrons. The molecule has 0 aliphatic carbocycles. The van der Waals surface area contributed by atoms with Crippen molar-refractivity contribution in [1.29, 1.82) is 0 Å². The standard InChI is InChI=1S/C15H14BrClN2O/c1-9(10-3-2-4-12(16)5-10)19-15(20)11-6-13(17)8-14(18)7-11/h2-9H,18H2,1H3,(H,19,20). The second kappa shape index (κ2) is 6.29. The van der Waals surface area contributed by atoms with Crippen LogP contribution in [0.2, 0.25) is 5.02 Å². The molecule has 5 heteroatoms. The van der Waals surface area contributed by atoms with Crippen molar-refractivity contribution in [2.45, 2.75) is 13.0 Å². The largest absolute Gasteiger partial charge is 0.399 e. The molecule has 2 aromatic carbocycles. The number of amides is 1. The van der Waals surface area contributed by atoms with E-state index in [0.29, 0.717) is 16.3 Å². The number of anilines is 1. The highest BCUT2D eigenvalue weighted by Gasteiger charge is 2.12. The van der Waals surface area contributed by atoms with Crippen molar-refractivity contribution in [2.75, 3.05) is 5.73 Å². The van der Waals surface area contributed by atoms with Crippen LogP contribution in [0.5, 0.6) is 0 Å². The number of halogens is 2. The van der Waals surface area contributed by atoms with Gasteiger partial charge in [0.05, 0.1) is 6.04 Å². The predicted octanol–water partition coefficient (Wildman–Crippen LogP) is 4.18. The maximum absolute atomic E-state index is 12.2. The van der Waals surface area contributed by atoms with Gasteiger partial charge < -0.3 is 11.1 Å². The quantitative estimate of drug-likeness (QED) is 0.813. The van der Waals surface area contributed by atoms with E-state index in [1.807, 2.05) is 31.2 Å². The SMILES string of the molecule is CC(NC(=O)c1cc(N)cc(Cl)c1)c1cccc(Br)c1. The summed E-state index contributed by atoms with van der Waals surface area (Å²) in [6.45, 7) is 1.92. The summed E-state index contributed by atoms with van der Waals surface area (Å²) >= 11 is 9.32. The van der Waals surface area contributed by atoms with Crippen LogP contribution in [0.15, 0.2) is 46.9 Å². The zero-order chi connectivity index (χ0) is 14.7. The van der Waals surface area contributed by atoms with Crippen LogP contribution in [0, 0.1) is 0 Å². The fourth-order valence-electron chi connectivity index (χ4n) is 1.88. The van der Waals surface area contributed by atoms with E-state index in [1.54, 1.807) is 18.2 Å². The summed E-state index contributed by atoms with van der Waals surface area (Å²) in [6.07, 6.45) is 0. The summed E-state index contributed by atoms with van der Waals surface area (Å²) in [5.41, 5.74) is 7.63. The zero-order valence-electron chi connectivity index (χ0n) is 10.9. The van der Waals surface area contributed by atoms with Gasteiger partial charge in [-0.2, -0.15) is 0 Å². The summed E-state index contributed by atoms with van der Waals surface area (Å²) in [4.78, 5) is 12.2. The van der Waals surface area contributed by atoms with Crippen molar-refractivity contribution >= 4 is 39.1 Å². The van der Waals surface area contributed by atoms with Gasteiger partial charge in [0, 0.05) is 20.7 Å². The Kier molecular flexibility index (Phi) is 4.68. The van der Waals surface area contributed by atoms with Gasteiger partial charge >= 0.3 is 0 Å². The Morgan fingerprint density at radius 3 is 2.70 bits per heavy atom. The van der Waals surface area contributed by atoms with Gasteiger partial charge in [0.15, 0.2) is 0 Å². The maximum atomic E-state index is 12.2. The molecule has 0 spiro atoms. The average molecular weight is 354 g/mol. The molecule has 2 rings (SSSR count). The van der Waals surface area contributed by atoms with E-state index < -0.39 is 0 Å². The first kappa shape index (κ1) is 14.9. The molecule has 1 unspecified atom stereocenters. The molecule has 0 aliphatic rings. The van der Waals surface area contributed by atoms with Crippen LogP contribution in [0.4, 0.5) is 5.69 Å². The second-order valence-corrected chi connectivity index (χ2v) is 5.88. The average Bonchev–Trinajstić information content (AvgIpc) is 2.37. The minimum Gasteiger partial charge on any atom is -0.399 e. The van der Waals surface area contributed by atoms with Crippen LogP contribution in [0.3, 0.4) is 0 Å². The molecule has 0 saturated heterocycles. The van der Waals surface area contributed by atoms with E-state index in [-0.39, 0.29) is 11.9 Å². The molecule has 0 aliphatic heterocycles. The molecule has 0 fully saturated rings. The van der Waals surface area contributed by atoms with Crippen LogP contribution in [-0.4, -0.2) is 5.91 Å². The van der Waals surface area contributed by atoms with Gasteiger partial charge in [0.1, 0.15) is 0 Å². The molecule has 20 heavy (non-hydrogen) atoms. The van der Waals surface area contributed by atoms with E-state index in [9.17, 15) is 4.79 Å². The third-order valence-electron chi connectivity index (χ3n) is 2.88. The molecular weight excluding hydrogens is 340 g/mol. The van der Waals surface area contributed by atoms with E-state index >= 15 is 0 Å². The van der Waals surface area contributed by atoms with Gasteiger partial charge in [-0.05, 0) is 42.8 Å². The molecule has 1 atom stereocenters. The van der Waals surface area contributed by atoms with Gasteiger partial charge in [-0.15, -0.1) is 0 Å². The van der Waals surface area contributed by atoms with Gasteiger partial charge in [0.25, 0.3) is 5.91 Å². The Bertz CT molecular complexity index is 625. The molecule has 0 saturated carbocycles. The Morgan fingerprint density at radius 2 is 2.05 bits per heavy atom. The normalized spacial score (nSPS) is 11.9. The number of benzene rings is 2. The number of carbonyl (C=O) groups excluding carboxylic acids is 1. The fraction of sp³-hybridized carbons (Fsp3) is 0.133. The summed E-state index contributed by atoms with van der Waals surface area (Å²) in [6, 6.07) is 12.5. The Hall–Kier alpha value is -1.52. The third kappa shape index (κ3) is 3.74. The molecule has 3 N–H and O–H groups in total. The van der Waals surface area contributed by atoms with E-state index in [4.69, 9.17) is 17.3 Å². The van der Waals surface area contributed by atoms with Crippen LogP contribution in [0.1, 0.15) is 28.9 Å². The Morgan fingerprint density at radius 1 is 1.30 bits per heavy atom. The monoisotopic (exact) mass is 352 g/mol. The Balaban J connectivity index is 2.15. The summed E-state index contributed by atoms with van der Waals surface area (Å²) in [5, 5.41) is 3.37. The number of hydrogen-bond acceptors (Lipinski definition) is 2. The first-order chi connectivity index (χ1) is 9.45. The molecule has 3 nitrogen and oxygen atoms in total. The number of hydrogen-bond donors (Lipinski definition) is 2. The number of nitrogen functional groups attached to an aromatic ring is 1. The minimum atomic E-state index is -0.202. The number of carbonyl (C=O) groups is 1. The summed E-state index contributed by atoms with van der Waals surface area (Å²) in [5.74, 6) is -0.202. The third-order valence-corrected chi connectivity index (χ3v) is 3.59. The van der Waals surface area contributed by atoms with Gasteiger partial charge in [-0.25, -0.2) is 0 Å². The van der Waals surface area contributed by atoms with Crippen LogP contribution in [-0.2, 0) is 0 Å². The molecule has 0 aromatic heterocycles. The highest BCUT2D eigenvalue weighted by Crippen LogP contribution is 2.20. The highest BCUT2D eigenvalue weighted by molar-refractivity contribution is 9.10. The lowest BCUT2D eigenvalue weighted by atomic mass is 10.1. The fourth-order valence-corrected chi connectivity index (χ4v) is 2.54. The summed E-state index contributed by atoms with van der Waals surface area (Å²) in [7, 11) is 0. The topological polar surface area (TPSA) is 55.1 Å². The van der Waals surface area contributed by atoms with Crippen LogP contribution < -0.4 is 11.1 Å². The van der Waals surface area contributed by atoms with Gasteiger partial charge in [0.2, 0.25) is 0 Å². The first-order valence-corrected chi connectivity index (χ1v) is 7.25. The van der Waals surface area contributed by atoms with Gasteiger partial charge in [-0.3, -0.25) is 4.79 Å². The molecule has 1 amide bonds. The smallest absolute Gasteiger partial charge is 0.251 e. The van der Waals surface area contributed by atoms with E-state index in [1.165, 1.54) is 0 Å². The lowest BCUT2D eigenvalue weighted by Gasteiger charge is -2.15. The zero-order valence-corrected chi connectivity index (χ0v) is 13.2. The molecular formula is C15H14BrClN2O. The number of nitrogens with one attached hydrogen (secondary N) is 1. The van der Waals surface area contributed by atoms with E-state index in [2.05, 4.69) is 21.2 Å². The van der Waals surface area contributed by atoms with E-state index in [0.717, 1.165) is 10.0 Å². The second-order valence-electron chi connectivity index (χ2n) is 4.52. The van der Waals surface area contributed by atoms with Crippen molar-refractivity contribution < 1.29 is 4.79 Å². The van der Waals surface area contributed by atoms with Crippen molar-refractivity contribution in [2.24, 2.45) is 0 Å². The van der Waals surface area contributed by atoms with Crippen LogP contribution in [0.25, 0.3) is 0 Å². The Labute approximate surface area is 131 Å². The lowest BCUT2D eigenvalue weighted by molar-refractivity contribution is 0.0940. The molecule has 2 aromatic rings. The first-order valence-electron chi connectivity index (χ1n) is 6.08. The number of nitrogens with two attached hydrogens (primary N) is 1. The minimum absolute atomic E-state index is 0.111. The number of rotatable bonds is 3. The lowest BCUT2D eigenvalue weighted by Crippen LogP contribution is -2.26. The van der Waals surface area contributed by atoms with Crippen LogP contribution >= 0.6 is 27.5 Å². The predicted molar refractivity (Wildman–Crippen MR) is 85.9 cm³/mol. The maximum Gasteiger partial charge on any atom is 0.251 e. The molecule has 0 bridgehead atoms. The summed E-state index contributed by atoms with van der Waals surface area (Å²) < 4.78 is 0.975. The van der Waals surface area contributed by atoms with Gasteiger partial charge in [-0.1, -0.05) is 39.7 Å². The van der Waals surface area contributed by atoms with Crippen molar-refractivity contribution in [3.8, 4) is 0 Å². The van der Waals surface area contributed by atoms with Crippen molar-refractivity contribution in [1.82, 2.24) is 5.32 Å². The molecule has 104 valence electrons. The highest BCUT2D eigenvalue weighted by atomic mass is 79.9.